The lowest BCUT2D eigenvalue weighted by Gasteiger charge is -2.18. The fourth-order valence-electron chi connectivity index (χ4n) is 1.85. The predicted octanol–water partition coefficient (Wildman–Crippen LogP) is 4.16. The highest BCUT2D eigenvalue weighted by Crippen LogP contribution is 2.30. The van der Waals surface area contributed by atoms with Gasteiger partial charge in [-0.05, 0) is 19.1 Å². The normalized spacial score (nSPS) is 12.5. The van der Waals surface area contributed by atoms with Crippen LogP contribution in [0.1, 0.15) is 37.9 Å². The van der Waals surface area contributed by atoms with Crippen LogP contribution in [0.2, 0.25) is 0 Å². The Hall–Kier alpha value is -1.98. The summed E-state index contributed by atoms with van der Waals surface area (Å²) in [5, 5.41) is 0. The highest BCUT2D eigenvalue weighted by molar-refractivity contribution is 5.61. The van der Waals surface area contributed by atoms with Gasteiger partial charge in [0.25, 0.3) is 0 Å². The van der Waals surface area contributed by atoms with Crippen molar-refractivity contribution < 1.29 is 13.2 Å². The molecule has 0 atom stereocenters. The van der Waals surface area contributed by atoms with E-state index >= 15 is 0 Å². The van der Waals surface area contributed by atoms with E-state index in [1.807, 2.05) is 20.8 Å². The molecule has 0 saturated carbocycles. The first-order chi connectivity index (χ1) is 9.59. The van der Waals surface area contributed by atoms with Crippen LogP contribution in [0.5, 0.6) is 0 Å². The van der Waals surface area contributed by atoms with Crippen molar-refractivity contribution in [1.29, 1.82) is 0 Å². The van der Waals surface area contributed by atoms with Crippen molar-refractivity contribution in [3.05, 3.63) is 41.6 Å². The third-order valence-electron chi connectivity index (χ3n) is 3.06. The highest BCUT2D eigenvalue weighted by Gasteiger charge is 2.32. The van der Waals surface area contributed by atoms with E-state index in [0.717, 1.165) is 11.8 Å². The van der Waals surface area contributed by atoms with Crippen LogP contribution >= 0.6 is 0 Å². The Morgan fingerprint density at radius 1 is 0.905 bits per heavy atom. The second kappa shape index (κ2) is 5.09. The Labute approximate surface area is 121 Å². The van der Waals surface area contributed by atoms with Gasteiger partial charge in [-0.2, -0.15) is 13.2 Å². The summed E-state index contributed by atoms with van der Waals surface area (Å²) in [6, 6.07) is 2.36. The smallest absolute Gasteiger partial charge is 0.261 e. The van der Waals surface area contributed by atoms with Crippen molar-refractivity contribution in [1.82, 2.24) is 15.0 Å². The number of aryl methyl sites for hydroxylation is 1. The molecule has 21 heavy (non-hydrogen) atoms. The monoisotopic (exact) mass is 295 g/mol. The SMILES string of the molecule is Cc1nc(C(F)(F)F)ccc1-c1cncc(C(C)(C)C)n1. The van der Waals surface area contributed by atoms with Gasteiger partial charge in [0, 0.05) is 22.9 Å². The number of rotatable bonds is 1. The molecule has 0 unspecified atom stereocenters. The summed E-state index contributed by atoms with van der Waals surface area (Å²) in [6.07, 6.45) is -1.24. The van der Waals surface area contributed by atoms with Crippen molar-refractivity contribution >= 4 is 0 Å². The second-order valence-corrected chi connectivity index (χ2v) is 5.87. The van der Waals surface area contributed by atoms with Crippen LogP contribution in [0, 0.1) is 6.92 Å². The van der Waals surface area contributed by atoms with Crippen molar-refractivity contribution in [2.24, 2.45) is 0 Å². The van der Waals surface area contributed by atoms with Crippen molar-refractivity contribution in [3.8, 4) is 11.3 Å². The average Bonchev–Trinajstić information content (AvgIpc) is 2.36. The first-order valence-corrected chi connectivity index (χ1v) is 6.47. The minimum absolute atomic E-state index is 0.184. The Bertz CT molecular complexity index is 658. The first-order valence-electron chi connectivity index (χ1n) is 6.47. The predicted molar refractivity (Wildman–Crippen MR) is 73.7 cm³/mol. The van der Waals surface area contributed by atoms with Crippen molar-refractivity contribution in [2.45, 2.75) is 39.3 Å². The zero-order chi connectivity index (χ0) is 15.8. The number of hydrogen-bond donors (Lipinski definition) is 0. The summed E-state index contributed by atoms with van der Waals surface area (Å²) >= 11 is 0. The Kier molecular flexibility index (Phi) is 3.74. The summed E-state index contributed by atoms with van der Waals surface area (Å²) in [4.78, 5) is 12.2. The Morgan fingerprint density at radius 2 is 1.57 bits per heavy atom. The zero-order valence-electron chi connectivity index (χ0n) is 12.3. The van der Waals surface area contributed by atoms with Gasteiger partial charge in [0.2, 0.25) is 0 Å². The van der Waals surface area contributed by atoms with E-state index in [1.165, 1.54) is 19.2 Å². The Balaban J connectivity index is 2.48. The van der Waals surface area contributed by atoms with Gasteiger partial charge in [-0.1, -0.05) is 20.8 Å². The highest BCUT2D eigenvalue weighted by atomic mass is 19.4. The van der Waals surface area contributed by atoms with Crippen LogP contribution in [0.3, 0.4) is 0 Å². The van der Waals surface area contributed by atoms with E-state index in [-0.39, 0.29) is 11.1 Å². The summed E-state index contributed by atoms with van der Waals surface area (Å²) < 4.78 is 37.9. The third-order valence-corrected chi connectivity index (χ3v) is 3.06. The van der Waals surface area contributed by atoms with Crippen LogP contribution in [-0.4, -0.2) is 15.0 Å². The summed E-state index contributed by atoms with van der Waals surface area (Å²) in [5.41, 5.74) is 1.06. The van der Waals surface area contributed by atoms with E-state index in [0.29, 0.717) is 11.3 Å². The molecule has 0 N–H and O–H groups in total. The number of aromatic nitrogens is 3. The van der Waals surface area contributed by atoms with Crippen molar-refractivity contribution in [2.75, 3.05) is 0 Å². The lowest BCUT2D eigenvalue weighted by molar-refractivity contribution is -0.141. The molecule has 0 aliphatic heterocycles. The maximum atomic E-state index is 12.6. The zero-order valence-corrected chi connectivity index (χ0v) is 12.3. The van der Waals surface area contributed by atoms with Gasteiger partial charge in [0.05, 0.1) is 17.6 Å². The molecule has 0 fully saturated rings. The van der Waals surface area contributed by atoms with E-state index in [9.17, 15) is 13.2 Å². The molecule has 2 aromatic rings. The minimum Gasteiger partial charge on any atom is -0.261 e. The maximum Gasteiger partial charge on any atom is 0.433 e. The van der Waals surface area contributed by atoms with Gasteiger partial charge in [0.15, 0.2) is 0 Å². The first kappa shape index (κ1) is 15.4. The molecule has 0 aliphatic carbocycles. The van der Waals surface area contributed by atoms with Gasteiger partial charge in [0.1, 0.15) is 5.69 Å². The van der Waals surface area contributed by atoms with Gasteiger partial charge in [-0.3, -0.25) is 4.98 Å². The number of halogens is 3. The molecule has 2 rings (SSSR count). The van der Waals surface area contributed by atoms with E-state index in [2.05, 4.69) is 15.0 Å². The Morgan fingerprint density at radius 3 is 2.10 bits per heavy atom. The number of nitrogens with zero attached hydrogens (tertiary/aromatic N) is 3. The maximum absolute atomic E-state index is 12.6. The van der Waals surface area contributed by atoms with Crippen molar-refractivity contribution in [3.63, 3.8) is 0 Å². The molecule has 2 aromatic heterocycles. The van der Waals surface area contributed by atoms with Crippen LogP contribution in [-0.2, 0) is 11.6 Å². The molecule has 112 valence electrons. The van der Waals surface area contributed by atoms with Crippen LogP contribution in [0.4, 0.5) is 13.2 Å². The van der Waals surface area contributed by atoms with Crippen LogP contribution < -0.4 is 0 Å². The molecular weight excluding hydrogens is 279 g/mol. The van der Waals surface area contributed by atoms with Gasteiger partial charge < -0.3 is 0 Å². The fourth-order valence-corrected chi connectivity index (χ4v) is 1.85. The fraction of sp³-hybridized carbons (Fsp3) is 0.400. The van der Waals surface area contributed by atoms with Gasteiger partial charge in [-0.25, -0.2) is 9.97 Å². The lowest BCUT2D eigenvalue weighted by Crippen LogP contribution is -2.14. The minimum atomic E-state index is -4.44. The molecule has 0 aromatic carbocycles. The molecule has 0 amide bonds. The van der Waals surface area contributed by atoms with E-state index in [1.54, 1.807) is 6.20 Å². The molecule has 0 saturated heterocycles. The van der Waals surface area contributed by atoms with E-state index in [4.69, 9.17) is 0 Å². The topological polar surface area (TPSA) is 38.7 Å². The number of alkyl halides is 3. The molecule has 0 spiro atoms. The average molecular weight is 295 g/mol. The molecule has 0 aliphatic rings. The second-order valence-electron chi connectivity index (χ2n) is 5.87. The van der Waals surface area contributed by atoms with Crippen LogP contribution in [0.15, 0.2) is 24.5 Å². The molecule has 3 nitrogen and oxygen atoms in total. The molecule has 0 bridgehead atoms. The molecular formula is C15H16F3N3. The van der Waals surface area contributed by atoms with E-state index < -0.39 is 11.9 Å². The van der Waals surface area contributed by atoms with Gasteiger partial charge >= 0.3 is 6.18 Å². The quantitative estimate of drug-likeness (QED) is 0.792. The van der Waals surface area contributed by atoms with Gasteiger partial charge in [-0.15, -0.1) is 0 Å². The largest absolute Gasteiger partial charge is 0.433 e. The number of pyridine rings is 1. The molecule has 2 heterocycles. The molecule has 6 heteroatoms. The molecule has 0 radical (unpaired) electrons. The summed E-state index contributed by atoms with van der Waals surface area (Å²) in [6.45, 7) is 7.53. The summed E-state index contributed by atoms with van der Waals surface area (Å²) in [5.74, 6) is 0. The third kappa shape index (κ3) is 3.37. The lowest BCUT2D eigenvalue weighted by atomic mass is 9.92. The standard InChI is InChI=1S/C15H16F3N3/c1-9-10(5-6-12(20-9)15(16,17)18)11-7-19-8-13(21-11)14(2,3)4/h5-8H,1-4H3. The number of hydrogen-bond acceptors (Lipinski definition) is 3. The van der Waals surface area contributed by atoms with Crippen LogP contribution in [0.25, 0.3) is 11.3 Å². The summed E-state index contributed by atoms with van der Waals surface area (Å²) in [7, 11) is 0.